The third-order valence-corrected chi connectivity index (χ3v) is 2.61. The number of amides is 1. The van der Waals surface area contributed by atoms with Gasteiger partial charge < -0.3 is 15.2 Å². The van der Waals surface area contributed by atoms with Crippen molar-refractivity contribution in [1.29, 1.82) is 0 Å². The number of nitrogens with two attached hydrogens (primary N) is 1. The second kappa shape index (κ2) is 11.8. The molecular formula is C19H25NO4. The summed E-state index contributed by atoms with van der Waals surface area (Å²) in [5, 5.41) is 0. The number of primary amides is 1. The van der Waals surface area contributed by atoms with Crippen molar-refractivity contribution in [3.63, 3.8) is 0 Å². The number of epoxide rings is 1. The molecule has 1 fully saturated rings. The number of esters is 1. The van der Waals surface area contributed by atoms with Gasteiger partial charge in [0.05, 0.1) is 6.61 Å². The van der Waals surface area contributed by atoms with Crippen LogP contribution in [0.25, 0.3) is 6.08 Å². The number of carbonyl (C=O) groups excluding carboxylic acids is 2. The fourth-order valence-electron chi connectivity index (χ4n) is 1.05. The molecular weight excluding hydrogens is 306 g/mol. The summed E-state index contributed by atoms with van der Waals surface area (Å²) in [7, 11) is 0. The first-order valence-electron chi connectivity index (χ1n) is 7.35. The van der Waals surface area contributed by atoms with Crippen molar-refractivity contribution in [2.75, 3.05) is 13.2 Å². The van der Waals surface area contributed by atoms with Gasteiger partial charge in [0, 0.05) is 11.1 Å². The number of carbonyl (C=O) groups is 2. The quantitative estimate of drug-likeness (QED) is 0.511. The fraction of sp³-hybridized carbons (Fsp3) is 0.263. The highest BCUT2D eigenvalue weighted by Gasteiger charge is 2.24. The van der Waals surface area contributed by atoms with E-state index in [0.29, 0.717) is 24.4 Å². The lowest BCUT2D eigenvalue weighted by Crippen LogP contribution is -2.10. The third-order valence-electron chi connectivity index (χ3n) is 2.61. The summed E-state index contributed by atoms with van der Waals surface area (Å²) >= 11 is 0. The molecule has 5 nitrogen and oxygen atoms in total. The summed E-state index contributed by atoms with van der Waals surface area (Å²) in [6, 6.07) is 10.0. The van der Waals surface area contributed by atoms with Gasteiger partial charge in [0.15, 0.2) is 0 Å². The first kappa shape index (κ1) is 21.3. The average molecular weight is 331 g/mol. The maximum atomic E-state index is 10.7. The Morgan fingerprint density at radius 2 is 1.75 bits per heavy atom. The number of ether oxygens (including phenoxy) is 2. The predicted molar refractivity (Wildman–Crippen MR) is 96.1 cm³/mol. The molecule has 0 aromatic heterocycles. The smallest absolute Gasteiger partial charge is 0.333 e. The van der Waals surface area contributed by atoms with Crippen molar-refractivity contribution in [2.45, 2.75) is 20.0 Å². The van der Waals surface area contributed by atoms with Gasteiger partial charge in [-0.25, -0.2) is 4.79 Å². The van der Waals surface area contributed by atoms with Crippen molar-refractivity contribution < 1.29 is 19.1 Å². The third kappa shape index (κ3) is 11.9. The molecule has 1 aromatic rings. The Bertz CT molecular complexity index is 562. The summed E-state index contributed by atoms with van der Waals surface area (Å²) < 4.78 is 9.60. The van der Waals surface area contributed by atoms with Crippen LogP contribution in [0, 0.1) is 0 Å². The molecule has 0 saturated carbocycles. The van der Waals surface area contributed by atoms with Crippen LogP contribution in [0.2, 0.25) is 0 Å². The molecule has 1 unspecified atom stereocenters. The summed E-state index contributed by atoms with van der Waals surface area (Å²) in [5.41, 5.74) is 6.70. The highest BCUT2D eigenvalue weighted by Crippen LogP contribution is 2.09. The SMILES string of the molecule is C=C(C)C(=O)OCC1CO1.C=C(C)C(N)=O.C=Cc1ccccc1. The van der Waals surface area contributed by atoms with Crippen LogP contribution < -0.4 is 5.73 Å². The first-order chi connectivity index (χ1) is 11.3. The van der Waals surface area contributed by atoms with E-state index in [1.54, 1.807) is 13.8 Å². The van der Waals surface area contributed by atoms with Gasteiger partial charge >= 0.3 is 5.97 Å². The fourth-order valence-corrected chi connectivity index (χ4v) is 1.05. The van der Waals surface area contributed by atoms with Gasteiger partial charge in [-0.2, -0.15) is 0 Å². The maximum Gasteiger partial charge on any atom is 0.333 e. The molecule has 0 aliphatic carbocycles. The summed E-state index contributed by atoms with van der Waals surface area (Å²) in [6.07, 6.45) is 1.98. The van der Waals surface area contributed by atoms with Crippen LogP contribution in [0.5, 0.6) is 0 Å². The molecule has 2 N–H and O–H groups in total. The van der Waals surface area contributed by atoms with E-state index in [4.69, 9.17) is 15.2 Å². The molecule has 0 spiro atoms. The lowest BCUT2D eigenvalue weighted by atomic mass is 10.2. The van der Waals surface area contributed by atoms with Crippen LogP contribution in [0.3, 0.4) is 0 Å². The average Bonchev–Trinajstić information content (AvgIpc) is 3.38. The second-order valence-electron chi connectivity index (χ2n) is 5.09. The van der Waals surface area contributed by atoms with E-state index in [0.717, 1.165) is 0 Å². The van der Waals surface area contributed by atoms with Crippen LogP contribution in [-0.2, 0) is 19.1 Å². The van der Waals surface area contributed by atoms with Crippen LogP contribution in [0.4, 0.5) is 0 Å². The van der Waals surface area contributed by atoms with Gasteiger partial charge in [-0.05, 0) is 19.4 Å². The Morgan fingerprint density at radius 1 is 1.25 bits per heavy atom. The van der Waals surface area contributed by atoms with E-state index >= 15 is 0 Å². The van der Waals surface area contributed by atoms with E-state index in [9.17, 15) is 9.59 Å². The van der Waals surface area contributed by atoms with Crippen LogP contribution in [0.15, 0.2) is 61.2 Å². The number of hydrogen-bond acceptors (Lipinski definition) is 4. The standard InChI is InChI=1S/C8H8.C7H10O3.C4H7NO/c1-2-8-6-4-3-5-7-8;1-5(2)7(8)10-4-6-3-9-6;1-3(2)4(5)6/h2-7H,1H2;6H,1,3-4H2,2H3;1H2,2H3,(H2,5,6). The highest BCUT2D eigenvalue weighted by atomic mass is 16.6. The molecule has 0 bridgehead atoms. The van der Waals surface area contributed by atoms with Crippen LogP contribution in [0.1, 0.15) is 19.4 Å². The summed E-state index contributed by atoms with van der Waals surface area (Å²) in [4.78, 5) is 20.5. The second-order valence-corrected chi connectivity index (χ2v) is 5.09. The molecule has 1 heterocycles. The molecule has 0 radical (unpaired) electrons. The lowest BCUT2D eigenvalue weighted by Gasteiger charge is -1.99. The van der Waals surface area contributed by atoms with E-state index in [1.807, 2.05) is 36.4 Å². The van der Waals surface area contributed by atoms with Gasteiger partial charge in [-0.1, -0.05) is 56.1 Å². The summed E-state index contributed by atoms with van der Waals surface area (Å²) in [5.74, 6) is -0.773. The summed E-state index contributed by atoms with van der Waals surface area (Å²) in [6.45, 7) is 14.6. The van der Waals surface area contributed by atoms with E-state index in [-0.39, 0.29) is 12.1 Å². The predicted octanol–water partition coefficient (Wildman–Crippen LogP) is 2.88. The number of rotatable bonds is 5. The van der Waals surface area contributed by atoms with Crippen molar-refractivity contribution in [3.8, 4) is 0 Å². The van der Waals surface area contributed by atoms with Crippen molar-refractivity contribution >= 4 is 18.0 Å². The van der Waals surface area contributed by atoms with Gasteiger partial charge in [0.1, 0.15) is 12.7 Å². The van der Waals surface area contributed by atoms with Crippen molar-refractivity contribution in [1.82, 2.24) is 0 Å². The van der Waals surface area contributed by atoms with Crippen molar-refractivity contribution in [2.24, 2.45) is 5.73 Å². The van der Waals surface area contributed by atoms with Crippen LogP contribution in [-0.4, -0.2) is 31.2 Å². The Balaban J connectivity index is 0.000000343. The monoisotopic (exact) mass is 331 g/mol. The topological polar surface area (TPSA) is 81.9 Å². The van der Waals surface area contributed by atoms with Crippen LogP contribution >= 0.6 is 0 Å². The zero-order valence-electron chi connectivity index (χ0n) is 14.3. The maximum absolute atomic E-state index is 10.7. The lowest BCUT2D eigenvalue weighted by molar-refractivity contribution is -0.139. The number of hydrogen-bond donors (Lipinski definition) is 1. The van der Waals surface area contributed by atoms with Gasteiger partial charge in [-0.3, -0.25) is 4.79 Å². The van der Waals surface area contributed by atoms with Crippen molar-refractivity contribution in [3.05, 3.63) is 66.8 Å². The molecule has 1 saturated heterocycles. The van der Waals surface area contributed by atoms with E-state index in [2.05, 4.69) is 19.7 Å². The molecule has 130 valence electrons. The molecule has 5 heteroatoms. The minimum Gasteiger partial charge on any atom is -0.459 e. The highest BCUT2D eigenvalue weighted by molar-refractivity contribution is 5.90. The molecule has 1 atom stereocenters. The zero-order valence-corrected chi connectivity index (χ0v) is 14.3. The normalized spacial score (nSPS) is 13.8. The number of benzene rings is 1. The Hall–Kier alpha value is -2.66. The van der Waals surface area contributed by atoms with E-state index < -0.39 is 5.91 Å². The zero-order chi connectivity index (χ0) is 18.5. The first-order valence-corrected chi connectivity index (χ1v) is 7.35. The molecule has 1 aliphatic rings. The molecule has 1 aromatic carbocycles. The largest absolute Gasteiger partial charge is 0.459 e. The van der Waals surface area contributed by atoms with E-state index in [1.165, 1.54) is 5.56 Å². The van der Waals surface area contributed by atoms with Gasteiger partial charge in [0.25, 0.3) is 0 Å². The molecule has 1 aliphatic heterocycles. The Kier molecular flexibility index (Phi) is 10.5. The Morgan fingerprint density at radius 3 is 2.04 bits per heavy atom. The molecule has 1 amide bonds. The van der Waals surface area contributed by atoms with Gasteiger partial charge in [0.2, 0.25) is 5.91 Å². The minimum atomic E-state index is -0.435. The molecule has 24 heavy (non-hydrogen) atoms. The minimum absolute atomic E-state index is 0.142. The Labute approximate surface area is 143 Å². The molecule has 2 rings (SSSR count). The van der Waals surface area contributed by atoms with Gasteiger partial charge in [-0.15, -0.1) is 0 Å².